The van der Waals surface area contributed by atoms with Gasteiger partial charge in [-0.3, -0.25) is 4.79 Å². The Morgan fingerprint density at radius 3 is 1.83 bits per heavy atom. The Balaban J connectivity index is 1.47. The highest BCUT2D eigenvalue weighted by Gasteiger charge is 2.15. The van der Waals surface area contributed by atoms with Gasteiger partial charge in [-0.05, 0) is 34.0 Å². The second-order valence-corrected chi connectivity index (χ2v) is 7.02. The van der Waals surface area contributed by atoms with Crippen LogP contribution < -0.4 is 4.74 Å². The van der Waals surface area contributed by atoms with Crippen LogP contribution in [0.5, 0.6) is 5.75 Å². The van der Waals surface area contributed by atoms with E-state index in [1.807, 2.05) is 102 Å². The van der Waals surface area contributed by atoms with Crippen LogP contribution in [0, 0.1) is 0 Å². The maximum absolute atomic E-state index is 13.0. The standard InChI is InChI=1S/C26H23NO2/c28-26(20-29-25-16-15-23-13-7-8-14-24(23)17-25)27(18-21-9-3-1-4-10-21)19-22-11-5-2-6-12-22/h1-17H,18-20H2. The molecule has 0 aliphatic heterocycles. The van der Waals surface area contributed by atoms with Crippen LogP contribution in [0.2, 0.25) is 0 Å². The number of nitrogens with zero attached hydrogens (tertiary/aromatic N) is 1. The number of carbonyl (C=O) groups is 1. The topological polar surface area (TPSA) is 29.5 Å². The summed E-state index contributed by atoms with van der Waals surface area (Å²) in [5.41, 5.74) is 2.20. The Hall–Kier alpha value is -3.59. The van der Waals surface area contributed by atoms with Gasteiger partial charge in [-0.1, -0.05) is 91.0 Å². The molecule has 3 nitrogen and oxygen atoms in total. The number of benzene rings is 4. The maximum Gasteiger partial charge on any atom is 0.261 e. The number of ether oxygens (including phenoxy) is 1. The van der Waals surface area contributed by atoms with Crippen LogP contribution >= 0.6 is 0 Å². The molecule has 0 radical (unpaired) electrons. The third-order valence-corrected chi connectivity index (χ3v) is 4.87. The van der Waals surface area contributed by atoms with Crippen molar-refractivity contribution < 1.29 is 9.53 Å². The molecule has 4 aromatic rings. The summed E-state index contributed by atoms with van der Waals surface area (Å²) in [5, 5.41) is 2.25. The third-order valence-electron chi connectivity index (χ3n) is 4.87. The molecule has 0 spiro atoms. The number of carbonyl (C=O) groups excluding carboxylic acids is 1. The van der Waals surface area contributed by atoms with Gasteiger partial charge in [0.15, 0.2) is 6.61 Å². The van der Waals surface area contributed by atoms with Crippen molar-refractivity contribution in [2.45, 2.75) is 13.1 Å². The van der Waals surface area contributed by atoms with E-state index in [2.05, 4.69) is 6.07 Å². The van der Waals surface area contributed by atoms with Crippen molar-refractivity contribution in [2.75, 3.05) is 6.61 Å². The van der Waals surface area contributed by atoms with Crippen LogP contribution in [0.15, 0.2) is 103 Å². The van der Waals surface area contributed by atoms with Gasteiger partial charge in [-0.15, -0.1) is 0 Å². The number of rotatable bonds is 7. The molecule has 0 saturated heterocycles. The van der Waals surface area contributed by atoms with Crippen LogP contribution in [0.4, 0.5) is 0 Å². The minimum atomic E-state index is -0.0362. The molecule has 0 saturated carbocycles. The van der Waals surface area contributed by atoms with Crippen LogP contribution in [-0.2, 0) is 17.9 Å². The molecule has 0 N–H and O–H groups in total. The smallest absolute Gasteiger partial charge is 0.261 e. The predicted molar refractivity (Wildman–Crippen MR) is 117 cm³/mol. The number of fused-ring (bicyclic) bond motifs is 1. The minimum absolute atomic E-state index is 0.0119. The van der Waals surface area contributed by atoms with Gasteiger partial charge in [0.2, 0.25) is 0 Å². The van der Waals surface area contributed by atoms with Crippen LogP contribution in [0.3, 0.4) is 0 Å². The lowest BCUT2D eigenvalue weighted by molar-refractivity contribution is -0.134. The Morgan fingerprint density at radius 1 is 0.655 bits per heavy atom. The number of hydrogen-bond donors (Lipinski definition) is 0. The summed E-state index contributed by atoms with van der Waals surface area (Å²) in [6, 6.07) is 34.1. The van der Waals surface area contributed by atoms with E-state index in [4.69, 9.17) is 4.74 Å². The number of hydrogen-bond acceptors (Lipinski definition) is 2. The first kappa shape index (κ1) is 18.8. The molecule has 4 rings (SSSR count). The van der Waals surface area contributed by atoms with Crippen molar-refractivity contribution in [1.29, 1.82) is 0 Å². The molecule has 3 heteroatoms. The maximum atomic E-state index is 13.0. The summed E-state index contributed by atoms with van der Waals surface area (Å²) in [5.74, 6) is 0.669. The molecule has 1 amide bonds. The van der Waals surface area contributed by atoms with E-state index in [0.29, 0.717) is 18.8 Å². The zero-order valence-corrected chi connectivity index (χ0v) is 16.2. The van der Waals surface area contributed by atoms with Gasteiger partial charge >= 0.3 is 0 Å². The first-order valence-electron chi connectivity index (χ1n) is 9.75. The number of amides is 1. The molecule has 0 bridgehead atoms. The molecule has 29 heavy (non-hydrogen) atoms. The van der Waals surface area contributed by atoms with Crippen molar-refractivity contribution in [3.05, 3.63) is 114 Å². The zero-order chi connectivity index (χ0) is 19.9. The molecule has 4 aromatic carbocycles. The van der Waals surface area contributed by atoms with E-state index < -0.39 is 0 Å². The molecule has 0 aliphatic rings. The van der Waals surface area contributed by atoms with Gasteiger partial charge in [0.05, 0.1) is 0 Å². The second-order valence-electron chi connectivity index (χ2n) is 7.02. The predicted octanol–water partition coefficient (Wildman–Crippen LogP) is 5.45. The lowest BCUT2D eigenvalue weighted by Crippen LogP contribution is -2.34. The largest absolute Gasteiger partial charge is 0.484 e. The van der Waals surface area contributed by atoms with Gasteiger partial charge in [0, 0.05) is 13.1 Å². The van der Waals surface area contributed by atoms with Gasteiger partial charge in [-0.25, -0.2) is 0 Å². The van der Waals surface area contributed by atoms with E-state index >= 15 is 0 Å². The lowest BCUT2D eigenvalue weighted by atomic mass is 10.1. The van der Waals surface area contributed by atoms with Crippen LogP contribution in [0.1, 0.15) is 11.1 Å². The first-order valence-corrected chi connectivity index (χ1v) is 9.75. The van der Waals surface area contributed by atoms with Crippen molar-refractivity contribution >= 4 is 16.7 Å². The summed E-state index contributed by atoms with van der Waals surface area (Å²) >= 11 is 0. The van der Waals surface area contributed by atoms with E-state index in [-0.39, 0.29) is 12.5 Å². The highest BCUT2D eigenvalue weighted by atomic mass is 16.5. The van der Waals surface area contributed by atoms with E-state index in [0.717, 1.165) is 21.9 Å². The highest BCUT2D eigenvalue weighted by Crippen LogP contribution is 2.21. The zero-order valence-electron chi connectivity index (χ0n) is 16.2. The summed E-state index contributed by atoms with van der Waals surface area (Å²) < 4.78 is 5.84. The fraction of sp³-hybridized carbons (Fsp3) is 0.115. The van der Waals surface area contributed by atoms with Crippen molar-refractivity contribution in [1.82, 2.24) is 4.90 Å². The Kier molecular flexibility index (Phi) is 5.87. The monoisotopic (exact) mass is 381 g/mol. The first-order chi connectivity index (χ1) is 14.3. The van der Waals surface area contributed by atoms with Gasteiger partial charge in [-0.2, -0.15) is 0 Å². The summed E-state index contributed by atoms with van der Waals surface area (Å²) in [6.45, 7) is 1.11. The fourth-order valence-corrected chi connectivity index (χ4v) is 3.33. The summed E-state index contributed by atoms with van der Waals surface area (Å²) in [4.78, 5) is 14.8. The SMILES string of the molecule is O=C(COc1ccc2ccccc2c1)N(Cc1ccccc1)Cc1ccccc1. The molecule has 0 atom stereocenters. The van der Waals surface area contributed by atoms with Crippen molar-refractivity contribution in [3.8, 4) is 5.75 Å². The Morgan fingerprint density at radius 2 is 1.21 bits per heavy atom. The molecular formula is C26H23NO2. The normalized spacial score (nSPS) is 10.6. The van der Waals surface area contributed by atoms with E-state index in [9.17, 15) is 4.79 Å². The third kappa shape index (κ3) is 5.02. The second kappa shape index (κ2) is 9.07. The minimum Gasteiger partial charge on any atom is -0.484 e. The molecular weight excluding hydrogens is 358 g/mol. The van der Waals surface area contributed by atoms with Gasteiger partial charge in [0.1, 0.15) is 5.75 Å². The fourth-order valence-electron chi connectivity index (χ4n) is 3.33. The molecule has 0 fully saturated rings. The Labute approximate surface area is 171 Å². The van der Waals surface area contributed by atoms with Gasteiger partial charge < -0.3 is 9.64 Å². The summed E-state index contributed by atoms with van der Waals surface area (Å²) in [6.07, 6.45) is 0. The Bertz CT molecular complexity index is 1040. The molecule has 0 unspecified atom stereocenters. The lowest BCUT2D eigenvalue weighted by Gasteiger charge is -2.23. The van der Waals surface area contributed by atoms with Crippen LogP contribution in [-0.4, -0.2) is 17.4 Å². The molecule has 0 aromatic heterocycles. The van der Waals surface area contributed by atoms with Crippen LogP contribution in [0.25, 0.3) is 10.8 Å². The molecule has 0 aliphatic carbocycles. The van der Waals surface area contributed by atoms with E-state index in [1.165, 1.54) is 0 Å². The highest BCUT2D eigenvalue weighted by molar-refractivity contribution is 5.84. The summed E-state index contributed by atoms with van der Waals surface area (Å²) in [7, 11) is 0. The van der Waals surface area contributed by atoms with Crippen molar-refractivity contribution in [2.24, 2.45) is 0 Å². The molecule has 144 valence electrons. The average molecular weight is 381 g/mol. The average Bonchev–Trinajstić information content (AvgIpc) is 2.78. The van der Waals surface area contributed by atoms with Gasteiger partial charge in [0.25, 0.3) is 5.91 Å². The van der Waals surface area contributed by atoms with E-state index in [1.54, 1.807) is 0 Å². The molecule has 0 heterocycles. The quantitative estimate of drug-likeness (QED) is 0.426. The van der Waals surface area contributed by atoms with Crippen molar-refractivity contribution in [3.63, 3.8) is 0 Å².